The standard InChI is InChI=1S/C21H19N5O3/c1-13-11-16-15(18(27)28)9-6-10-17(16)26(13)20-23-19(24-21(25-20)29-2)22-12-14-7-4-3-5-8-14/h3-11H,12H2,1-2H3,(H,27,28)(H,22,23,24,25). The summed E-state index contributed by atoms with van der Waals surface area (Å²) in [5, 5.41) is 13.3. The lowest BCUT2D eigenvalue weighted by atomic mass is 10.1. The molecule has 0 saturated heterocycles. The average molecular weight is 389 g/mol. The topological polar surface area (TPSA) is 102 Å². The minimum absolute atomic E-state index is 0.168. The van der Waals surface area contributed by atoms with Crippen LogP contribution in [0.15, 0.2) is 54.6 Å². The van der Waals surface area contributed by atoms with E-state index in [9.17, 15) is 9.90 Å². The minimum Gasteiger partial charge on any atom is -0.478 e. The third kappa shape index (κ3) is 3.60. The number of benzene rings is 2. The zero-order valence-corrected chi connectivity index (χ0v) is 16.0. The minimum atomic E-state index is -0.980. The van der Waals surface area contributed by atoms with Crippen LogP contribution in [0.4, 0.5) is 5.95 Å². The molecule has 2 heterocycles. The van der Waals surface area contributed by atoms with Crippen LogP contribution >= 0.6 is 0 Å². The quantitative estimate of drug-likeness (QED) is 0.521. The van der Waals surface area contributed by atoms with Crippen molar-refractivity contribution in [1.29, 1.82) is 0 Å². The van der Waals surface area contributed by atoms with Gasteiger partial charge in [-0.05, 0) is 30.7 Å². The normalized spacial score (nSPS) is 10.8. The summed E-state index contributed by atoms with van der Waals surface area (Å²) in [6, 6.07) is 17.0. The lowest BCUT2D eigenvalue weighted by molar-refractivity contribution is 0.0699. The Morgan fingerprint density at radius 1 is 1.10 bits per heavy atom. The number of aryl methyl sites for hydroxylation is 1. The highest BCUT2D eigenvalue weighted by Crippen LogP contribution is 2.26. The lowest BCUT2D eigenvalue weighted by Gasteiger charge is -2.11. The van der Waals surface area contributed by atoms with Gasteiger partial charge in [0.05, 0.1) is 18.2 Å². The van der Waals surface area contributed by atoms with Gasteiger partial charge in [0.2, 0.25) is 11.9 Å². The number of anilines is 1. The lowest BCUT2D eigenvalue weighted by Crippen LogP contribution is -2.11. The number of fused-ring (bicyclic) bond motifs is 1. The Hall–Kier alpha value is -3.94. The molecular formula is C21H19N5O3. The Morgan fingerprint density at radius 3 is 2.62 bits per heavy atom. The molecule has 4 aromatic rings. The van der Waals surface area contributed by atoms with Crippen LogP contribution in [-0.2, 0) is 6.54 Å². The van der Waals surface area contributed by atoms with Crippen molar-refractivity contribution in [2.75, 3.05) is 12.4 Å². The summed E-state index contributed by atoms with van der Waals surface area (Å²) in [7, 11) is 1.49. The van der Waals surface area contributed by atoms with Gasteiger partial charge in [-0.15, -0.1) is 0 Å². The fourth-order valence-electron chi connectivity index (χ4n) is 3.21. The molecule has 2 aromatic heterocycles. The average Bonchev–Trinajstić information content (AvgIpc) is 3.08. The van der Waals surface area contributed by atoms with E-state index in [1.807, 2.05) is 49.4 Å². The van der Waals surface area contributed by atoms with Gasteiger partial charge in [0.1, 0.15) is 0 Å². The Bertz CT molecular complexity index is 1190. The number of nitrogens with one attached hydrogen (secondary N) is 1. The second kappa shape index (κ2) is 7.59. The number of rotatable bonds is 6. The van der Waals surface area contributed by atoms with Crippen molar-refractivity contribution in [3.05, 3.63) is 71.4 Å². The van der Waals surface area contributed by atoms with Gasteiger partial charge in [0.15, 0.2) is 0 Å². The van der Waals surface area contributed by atoms with Crippen molar-refractivity contribution in [2.45, 2.75) is 13.5 Å². The Labute approximate surface area is 166 Å². The summed E-state index contributed by atoms with van der Waals surface area (Å²) < 4.78 is 7.04. The van der Waals surface area contributed by atoms with Gasteiger partial charge in [-0.3, -0.25) is 4.57 Å². The van der Waals surface area contributed by atoms with Gasteiger partial charge >= 0.3 is 12.0 Å². The number of carboxylic acids is 1. The monoisotopic (exact) mass is 389 g/mol. The molecule has 0 aliphatic carbocycles. The number of ether oxygens (including phenoxy) is 1. The third-order valence-electron chi connectivity index (χ3n) is 4.54. The highest BCUT2D eigenvalue weighted by molar-refractivity contribution is 6.03. The maximum Gasteiger partial charge on any atom is 0.336 e. The summed E-state index contributed by atoms with van der Waals surface area (Å²) >= 11 is 0. The highest BCUT2D eigenvalue weighted by atomic mass is 16.5. The van der Waals surface area contributed by atoms with E-state index in [1.54, 1.807) is 16.7 Å². The molecule has 2 N–H and O–H groups in total. The first-order chi connectivity index (χ1) is 14.1. The third-order valence-corrected chi connectivity index (χ3v) is 4.54. The van der Waals surface area contributed by atoms with Crippen molar-refractivity contribution < 1.29 is 14.6 Å². The first kappa shape index (κ1) is 18.4. The van der Waals surface area contributed by atoms with Crippen LogP contribution in [0, 0.1) is 6.92 Å². The highest BCUT2D eigenvalue weighted by Gasteiger charge is 2.17. The molecule has 0 radical (unpaired) electrons. The number of carbonyl (C=O) groups is 1. The molecule has 0 aliphatic heterocycles. The van der Waals surface area contributed by atoms with Crippen molar-refractivity contribution in [2.24, 2.45) is 0 Å². The molecule has 0 bridgehead atoms. The fraction of sp³-hybridized carbons (Fsp3) is 0.143. The molecule has 0 amide bonds. The summed E-state index contributed by atoms with van der Waals surface area (Å²) in [6.45, 7) is 2.42. The zero-order chi connectivity index (χ0) is 20.4. The molecular weight excluding hydrogens is 370 g/mol. The number of hydrogen-bond donors (Lipinski definition) is 2. The second-order valence-electron chi connectivity index (χ2n) is 6.45. The summed E-state index contributed by atoms with van der Waals surface area (Å²) in [5.41, 5.74) is 2.82. The van der Waals surface area contributed by atoms with Gasteiger partial charge in [-0.2, -0.15) is 15.0 Å². The number of hydrogen-bond acceptors (Lipinski definition) is 6. The molecule has 0 unspecified atom stereocenters. The number of methoxy groups -OCH3 is 1. The van der Waals surface area contributed by atoms with Gasteiger partial charge in [0.25, 0.3) is 0 Å². The second-order valence-corrected chi connectivity index (χ2v) is 6.45. The summed E-state index contributed by atoms with van der Waals surface area (Å²) in [4.78, 5) is 24.7. The van der Waals surface area contributed by atoms with E-state index < -0.39 is 5.97 Å². The van der Waals surface area contributed by atoms with Crippen LogP contribution in [0.25, 0.3) is 16.9 Å². The first-order valence-corrected chi connectivity index (χ1v) is 8.99. The Morgan fingerprint density at radius 2 is 1.90 bits per heavy atom. The van der Waals surface area contributed by atoms with Crippen molar-refractivity contribution >= 4 is 22.8 Å². The molecule has 0 atom stereocenters. The maximum atomic E-state index is 11.6. The number of aromatic carboxylic acids is 1. The SMILES string of the molecule is COc1nc(NCc2ccccc2)nc(-n2c(C)cc3c(C(=O)O)cccc32)n1. The molecule has 0 fully saturated rings. The predicted molar refractivity (Wildman–Crippen MR) is 109 cm³/mol. The summed E-state index contributed by atoms with van der Waals surface area (Å²) in [6.07, 6.45) is 0. The number of nitrogens with zero attached hydrogens (tertiary/aromatic N) is 4. The molecule has 0 spiro atoms. The van der Waals surface area contributed by atoms with Crippen molar-refractivity contribution in [3.63, 3.8) is 0 Å². The van der Waals surface area contributed by atoms with E-state index >= 15 is 0 Å². The molecule has 8 nitrogen and oxygen atoms in total. The van der Waals surface area contributed by atoms with E-state index in [0.717, 1.165) is 11.3 Å². The zero-order valence-electron chi connectivity index (χ0n) is 16.0. The van der Waals surface area contributed by atoms with Gasteiger partial charge in [-0.25, -0.2) is 4.79 Å². The molecule has 0 aliphatic rings. The molecule has 8 heteroatoms. The largest absolute Gasteiger partial charge is 0.478 e. The fourth-order valence-corrected chi connectivity index (χ4v) is 3.21. The van der Waals surface area contributed by atoms with Gasteiger partial charge in [-0.1, -0.05) is 36.4 Å². The molecule has 29 heavy (non-hydrogen) atoms. The molecule has 4 rings (SSSR count). The van der Waals surface area contributed by atoms with E-state index in [4.69, 9.17) is 4.74 Å². The summed E-state index contributed by atoms with van der Waals surface area (Å²) in [5.74, 6) is -0.264. The van der Waals surface area contributed by atoms with Crippen LogP contribution in [0.2, 0.25) is 0 Å². The van der Waals surface area contributed by atoms with Crippen LogP contribution in [-0.4, -0.2) is 37.7 Å². The maximum absolute atomic E-state index is 11.6. The van der Waals surface area contributed by atoms with Crippen LogP contribution < -0.4 is 10.1 Å². The van der Waals surface area contributed by atoms with Crippen molar-refractivity contribution in [1.82, 2.24) is 19.5 Å². The van der Waals surface area contributed by atoms with E-state index in [2.05, 4.69) is 20.3 Å². The first-order valence-electron chi connectivity index (χ1n) is 8.99. The van der Waals surface area contributed by atoms with Gasteiger partial charge < -0.3 is 15.2 Å². The smallest absolute Gasteiger partial charge is 0.336 e. The van der Waals surface area contributed by atoms with Crippen molar-refractivity contribution in [3.8, 4) is 12.0 Å². The number of aromatic nitrogens is 4. The van der Waals surface area contributed by atoms with Crippen LogP contribution in [0.1, 0.15) is 21.6 Å². The van der Waals surface area contributed by atoms with Crippen LogP contribution in [0.3, 0.4) is 0 Å². The Balaban J connectivity index is 1.78. The number of carboxylic acid groups (broad SMARTS) is 1. The predicted octanol–water partition coefficient (Wildman–Crippen LogP) is 3.44. The van der Waals surface area contributed by atoms with Gasteiger partial charge in [0, 0.05) is 17.6 Å². The van der Waals surface area contributed by atoms with E-state index in [0.29, 0.717) is 29.3 Å². The molecule has 146 valence electrons. The Kier molecular flexibility index (Phi) is 4.82. The van der Waals surface area contributed by atoms with Crippen LogP contribution in [0.5, 0.6) is 6.01 Å². The van der Waals surface area contributed by atoms with E-state index in [1.165, 1.54) is 7.11 Å². The molecule has 2 aromatic carbocycles. The van der Waals surface area contributed by atoms with E-state index in [-0.39, 0.29) is 11.6 Å². The molecule has 0 saturated carbocycles.